The highest BCUT2D eigenvalue weighted by atomic mass is 16.2. The Morgan fingerprint density at radius 2 is 1.91 bits per heavy atom. The first-order valence-electron chi connectivity index (χ1n) is 9.02. The van der Waals surface area contributed by atoms with Gasteiger partial charge in [0.1, 0.15) is 0 Å². The van der Waals surface area contributed by atoms with Gasteiger partial charge in [-0.25, -0.2) is 0 Å². The molecular weight excluding hydrogens is 284 g/mol. The van der Waals surface area contributed by atoms with E-state index in [1.165, 1.54) is 43.4 Å². The lowest BCUT2D eigenvalue weighted by Gasteiger charge is -2.45. The zero-order valence-corrected chi connectivity index (χ0v) is 13.9. The second-order valence-electron chi connectivity index (χ2n) is 7.35. The van der Waals surface area contributed by atoms with Gasteiger partial charge in [-0.3, -0.25) is 4.79 Å². The van der Waals surface area contributed by atoms with Crippen LogP contribution in [0.3, 0.4) is 0 Å². The maximum absolute atomic E-state index is 12.7. The van der Waals surface area contributed by atoms with Crippen LogP contribution in [-0.2, 0) is 4.79 Å². The Kier molecular flexibility index (Phi) is 3.98. The average molecular weight is 310 g/mol. The maximum atomic E-state index is 12.7. The zero-order valence-electron chi connectivity index (χ0n) is 13.9. The summed E-state index contributed by atoms with van der Waals surface area (Å²) in [5, 5.41) is 0. The Morgan fingerprint density at radius 1 is 1.04 bits per heavy atom. The summed E-state index contributed by atoms with van der Waals surface area (Å²) in [6, 6.07) is 9.40. The quantitative estimate of drug-likeness (QED) is 0.793. The van der Waals surface area contributed by atoms with Crippen LogP contribution in [0, 0.1) is 5.92 Å². The van der Waals surface area contributed by atoms with Crippen molar-refractivity contribution in [3.05, 3.63) is 41.5 Å². The summed E-state index contributed by atoms with van der Waals surface area (Å²) in [6.07, 6.45) is 10.0. The second kappa shape index (κ2) is 6.12. The van der Waals surface area contributed by atoms with Gasteiger partial charge in [0.25, 0.3) is 0 Å². The minimum atomic E-state index is 0.189. The molecule has 0 aromatic heterocycles. The second-order valence-corrected chi connectivity index (χ2v) is 7.35. The minimum Gasteiger partial charge on any atom is -0.332 e. The molecule has 1 aromatic rings. The zero-order chi connectivity index (χ0) is 15.8. The predicted octanol–water partition coefficient (Wildman–Crippen LogP) is 3.48. The molecule has 23 heavy (non-hydrogen) atoms. The number of nitrogens with zero attached hydrogens (tertiary/aromatic N) is 2. The van der Waals surface area contributed by atoms with E-state index in [2.05, 4.69) is 41.1 Å². The largest absolute Gasteiger partial charge is 0.332 e. The number of carbonyl (C=O) groups excluding carboxylic acids is 1. The van der Waals surface area contributed by atoms with Crippen molar-refractivity contribution in [1.82, 2.24) is 9.80 Å². The van der Waals surface area contributed by atoms with Crippen LogP contribution in [0.15, 0.2) is 30.3 Å². The van der Waals surface area contributed by atoms with Crippen LogP contribution in [-0.4, -0.2) is 41.9 Å². The van der Waals surface area contributed by atoms with E-state index < -0.39 is 0 Å². The summed E-state index contributed by atoms with van der Waals surface area (Å²) in [4.78, 5) is 17.3. The Balaban J connectivity index is 1.59. The Bertz CT molecular complexity index is 624. The van der Waals surface area contributed by atoms with Gasteiger partial charge in [-0.15, -0.1) is 0 Å². The molecule has 3 aliphatic heterocycles. The third-order valence-corrected chi connectivity index (χ3v) is 6.03. The van der Waals surface area contributed by atoms with Crippen LogP contribution >= 0.6 is 0 Å². The number of likely N-dealkylation sites (tertiary alicyclic amines) is 1. The van der Waals surface area contributed by atoms with Gasteiger partial charge < -0.3 is 9.80 Å². The van der Waals surface area contributed by atoms with Crippen molar-refractivity contribution in [2.24, 2.45) is 5.92 Å². The van der Waals surface area contributed by atoms with Gasteiger partial charge in [-0.2, -0.15) is 0 Å². The Labute approximate surface area is 139 Å². The fourth-order valence-corrected chi connectivity index (χ4v) is 4.80. The van der Waals surface area contributed by atoms with Crippen molar-refractivity contribution >= 4 is 12.0 Å². The summed E-state index contributed by atoms with van der Waals surface area (Å²) in [5.74, 6) is 0.813. The molecule has 3 atom stereocenters. The SMILES string of the molecule is CN1CCCCC1[C@H]1CC[C@@H]2c3ccccc3C=CC(=O)N2C1. The number of piperidine rings is 2. The molecule has 4 rings (SSSR count). The molecule has 3 nitrogen and oxygen atoms in total. The highest BCUT2D eigenvalue weighted by Gasteiger charge is 2.38. The molecule has 0 saturated carbocycles. The van der Waals surface area contributed by atoms with Crippen molar-refractivity contribution in [2.75, 3.05) is 20.1 Å². The topological polar surface area (TPSA) is 23.6 Å². The van der Waals surface area contributed by atoms with E-state index in [0.29, 0.717) is 12.0 Å². The van der Waals surface area contributed by atoms with Crippen LogP contribution in [0.2, 0.25) is 0 Å². The third-order valence-electron chi connectivity index (χ3n) is 6.03. The first-order chi connectivity index (χ1) is 11.2. The molecule has 0 radical (unpaired) electrons. The smallest absolute Gasteiger partial charge is 0.247 e. The van der Waals surface area contributed by atoms with Gasteiger partial charge in [0, 0.05) is 18.7 Å². The normalized spacial score (nSPS) is 31.4. The van der Waals surface area contributed by atoms with Crippen molar-refractivity contribution in [1.29, 1.82) is 0 Å². The lowest BCUT2D eigenvalue weighted by Crippen LogP contribution is -2.50. The van der Waals surface area contributed by atoms with E-state index in [1.807, 2.05) is 6.08 Å². The molecule has 0 aliphatic carbocycles. The number of hydrogen-bond donors (Lipinski definition) is 0. The van der Waals surface area contributed by atoms with Crippen molar-refractivity contribution in [3.63, 3.8) is 0 Å². The standard InChI is InChI=1S/C20H26N2O/c1-21-13-5-4-8-18(21)16-9-11-19-17-7-3-2-6-15(17)10-12-20(23)22(19)14-16/h2-3,6-7,10,12,16,18-19H,4-5,8-9,11,13-14H2,1H3/t16-,18?,19+/m0/s1. The van der Waals surface area contributed by atoms with E-state index in [9.17, 15) is 4.79 Å². The minimum absolute atomic E-state index is 0.189. The van der Waals surface area contributed by atoms with Gasteiger partial charge in [0.05, 0.1) is 6.04 Å². The molecule has 2 saturated heterocycles. The van der Waals surface area contributed by atoms with E-state index >= 15 is 0 Å². The van der Waals surface area contributed by atoms with Gasteiger partial charge >= 0.3 is 0 Å². The molecule has 1 aromatic carbocycles. The highest BCUT2D eigenvalue weighted by Crippen LogP contribution is 2.40. The van der Waals surface area contributed by atoms with E-state index in [0.717, 1.165) is 13.0 Å². The van der Waals surface area contributed by atoms with Gasteiger partial charge in [-0.1, -0.05) is 30.7 Å². The predicted molar refractivity (Wildman–Crippen MR) is 92.9 cm³/mol. The summed E-state index contributed by atoms with van der Waals surface area (Å²) in [6.45, 7) is 2.12. The van der Waals surface area contributed by atoms with Crippen molar-refractivity contribution in [2.45, 2.75) is 44.2 Å². The van der Waals surface area contributed by atoms with Gasteiger partial charge in [0.2, 0.25) is 5.91 Å². The van der Waals surface area contributed by atoms with E-state index in [4.69, 9.17) is 0 Å². The molecular formula is C20H26N2O. The number of amides is 1. The molecule has 0 bridgehead atoms. The van der Waals surface area contributed by atoms with Crippen LogP contribution in [0.5, 0.6) is 0 Å². The molecule has 1 unspecified atom stereocenters. The third kappa shape index (κ3) is 2.72. The van der Waals surface area contributed by atoms with Crippen LogP contribution in [0.4, 0.5) is 0 Å². The number of rotatable bonds is 1. The van der Waals surface area contributed by atoms with E-state index in [-0.39, 0.29) is 11.9 Å². The summed E-state index contributed by atoms with van der Waals surface area (Å²) in [7, 11) is 2.26. The summed E-state index contributed by atoms with van der Waals surface area (Å²) < 4.78 is 0. The lowest BCUT2D eigenvalue weighted by molar-refractivity contribution is -0.131. The fraction of sp³-hybridized carbons (Fsp3) is 0.550. The number of carbonyl (C=O) groups is 1. The van der Waals surface area contributed by atoms with Gasteiger partial charge in [0.15, 0.2) is 0 Å². The molecule has 3 heteroatoms. The molecule has 0 N–H and O–H groups in total. The van der Waals surface area contributed by atoms with Crippen LogP contribution in [0.25, 0.3) is 6.08 Å². The monoisotopic (exact) mass is 310 g/mol. The molecule has 1 amide bonds. The Hall–Kier alpha value is -1.61. The maximum Gasteiger partial charge on any atom is 0.247 e. The fourth-order valence-electron chi connectivity index (χ4n) is 4.80. The molecule has 0 spiro atoms. The van der Waals surface area contributed by atoms with Crippen LogP contribution in [0.1, 0.15) is 49.3 Å². The van der Waals surface area contributed by atoms with Crippen LogP contribution < -0.4 is 0 Å². The number of hydrogen-bond acceptors (Lipinski definition) is 2. The average Bonchev–Trinajstić information content (AvgIpc) is 2.73. The first kappa shape index (κ1) is 14.9. The summed E-state index contributed by atoms with van der Waals surface area (Å²) >= 11 is 0. The van der Waals surface area contributed by atoms with Crippen molar-refractivity contribution < 1.29 is 4.79 Å². The van der Waals surface area contributed by atoms with Gasteiger partial charge in [-0.05, 0) is 62.4 Å². The highest BCUT2D eigenvalue weighted by molar-refractivity contribution is 5.93. The first-order valence-corrected chi connectivity index (χ1v) is 9.02. The molecule has 3 aliphatic rings. The molecule has 122 valence electrons. The number of benzene rings is 1. The number of fused-ring (bicyclic) bond motifs is 3. The molecule has 2 fully saturated rings. The molecule has 3 heterocycles. The van der Waals surface area contributed by atoms with Crippen molar-refractivity contribution in [3.8, 4) is 0 Å². The van der Waals surface area contributed by atoms with E-state index in [1.54, 1.807) is 6.08 Å². The lowest BCUT2D eigenvalue weighted by atomic mass is 9.81. The summed E-state index contributed by atoms with van der Waals surface area (Å²) in [5.41, 5.74) is 2.53. The Morgan fingerprint density at radius 3 is 2.78 bits per heavy atom.